The fourth-order valence-corrected chi connectivity index (χ4v) is 4.55. The molecule has 1 aromatic rings. The maximum Gasteiger partial charge on any atom is 0.462 e. The van der Waals surface area contributed by atoms with Crippen LogP contribution in [0.4, 0.5) is 0 Å². The minimum Gasteiger partial charge on any atom is -0.489 e. The molecule has 0 amide bonds. The zero-order chi connectivity index (χ0) is 26.6. The van der Waals surface area contributed by atoms with E-state index in [4.69, 9.17) is 18.9 Å². The Morgan fingerprint density at radius 3 is 1.56 bits per heavy atom. The van der Waals surface area contributed by atoms with Gasteiger partial charge in [-0.2, -0.15) is 0 Å². The predicted octanol–water partition coefficient (Wildman–Crippen LogP) is 8.13. The van der Waals surface area contributed by atoms with Gasteiger partial charge in [0.25, 0.3) is 0 Å². The number of unbranched alkanes of at least 4 members (excludes halogenated alkanes) is 8. The summed E-state index contributed by atoms with van der Waals surface area (Å²) in [4.78, 5) is 12.4. The van der Waals surface area contributed by atoms with E-state index in [1.165, 1.54) is 0 Å². The number of carbonyl (C=O) groups is 1. The van der Waals surface area contributed by atoms with Crippen LogP contribution in [0.15, 0.2) is 18.7 Å². The van der Waals surface area contributed by atoms with Crippen molar-refractivity contribution in [2.75, 3.05) is 26.4 Å². The molecule has 0 radical (unpaired) electrons. The lowest BCUT2D eigenvalue weighted by atomic mass is 10.2. The molecular formula is C29H48O6P+. The van der Waals surface area contributed by atoms with Crippen LogP contribution < -0.4 is 24.3 Å². The molecule has 6 nitrogen and oxygen atoms in total. The summed E-state index contributed by atoms with van der Waals surface area (Å²) in [5.74, 6) is 1.64. The minimum atomic E-state index is -2.44. The Hall–Kier alpha value is -2.07. The molecule has 204 valence electrons. The van der Waals surface area contributed by atoms with Crippen LogP contribution in [0.1, 0.15) is 105 Å². The van der Waals surface area contributed by atoms with Crippen LogP contribution in [0.3, 0.4) is 0 Å². The third kappa shape index (κ3) is 11.3. The molecule has 1 unspecified atom stereocenters. The van der Waals surface area contributed by atoms with Gasteiger partial charge in [-0.15, -0.1) is 0 Å². The van der Waals surface area contributed by atoms with Crippen molar-refractivity contribution in [1.82, 2.24) is 0 Å². The average molecular weight is 524 g/mol. The van der Waals surface area contributed by atoms with E-state index in [0.29, 0.717) is 49.4 Å². The zero-order valence-corrected chi connectivity index (χ0v) is 24.0. The van der Waals surface area contributed by atoms with E-state index in [1.54, 1.807) is 6.07 Å². The number of hydrogen-bond acceptors (Lipinski definition) is 6. The quantitative estimate of drug-likeness (QED) is 0.0819. The molecule has 36 heavy (non-hydrogen) atoms. The van der Waals surface area contributed by atoms with Gasteiger partial charge < -0.3 is 18.9 Å². The van der Waals surface area contributed by atoms with Crippen molar-refractivity contribution in [2.24, 2.45) is 0 Å². The van der Waals surface area contributed by atoms with Crippen LogP contribution in [0.5, 0.6) is 23.0 Å². The van der Waals surface area contributed by atoms with Gasteiger partial charge in [-0.05, 0) is 25.7 Å². The van der Waals surface area contributed by atoms with Gasteiger partial charge in [0, 0.05) is 12.1 Å². The van der Waals surface area contributed by atoms with Gasteiger partial charge in [-0.25, -0.2) is 4.79 Å². The van der Waals surface area contributed by atoms with Crippen molar-refractivity contribution in [2.45, 2.75) is 105 Å². The van der Waals surface area contributed by atoms with Gasteiger partial charge in [0.15, 0.2) is 5.75 Å². The van der Waals surface area contributed by atoms with Crippen LogP contribution in [0, 0.1) is 0 Å². The smallest absolute Gasteiger partial charge is 0.462 e. The molecule has 7 heteroatoms. The molecule has 0 saturated carbocycles. The second-order valence-electron chi connectivity index (χ2n) is 8.94. The topological polar surface area (TPSA) is 71.1 Å². The molecule has 0 spiro atoms. The molecule has 0 heterocycles. The first-order chi connectivity index (χ1) is 17.5. The summed E-state index contributed by atoms with van der Waals surface area (Å²) in [6.45, 7) is 14.0. The zero-order valence-electron chi connectivity index (χ0n) is 23.1. The van der Waals surface area contributed by atoms with Gasteiger partial charge in [-0.1, -0.05) is 90.2 Å². The van der Waals surface area contributed by atoms with E-state index in [-0.39, 0.29) is 5.30 Å². The van der Waals surface area contributed by atoms with Crippen LogP contribution in [0.2, 0.25) is 0 Å². The molecular weight excluding hydrogens is 475 g/mol. The summed E-state index contributed by atoms with van der Waals surface area (Å²) < 4.78 is 38.1. The van der Waals surface area contributed by atoms with Crippen LogP contribution in [0.25, 0.3) is 0 Å². The van der Waals surface area contributed by atoms with E-state index in [2.05, 4.69) is 34.3 Å². The first-order valence-corrected chi connectivity index (χ1v) is 15.2. The van der Waals surface area contributed by atoms with Crippen molar-refractivity contribution in [3.8, 4) is 23.0 Å². The maximum absolute atomic E-state index is 13.2. The summed E-state index contributed by atoms with van der Waals surface area (Å²) in [6, 6.07) is 1.65. The highest BCUT2D eigenvalue weighted by Gasteiger charge is 2.38. The Bertz CT molecular complexity index is 792. The van der Waals surface area contributed by atoms with Gasteiger partial charge in [0.2, 0.25) is 22.6 Å². The number of carbonyl (C=O) groups excluding carboxylic acids is 1. The molecule has 0 aliphatic heterocycles. The molecule has 1 atom stereocenters. The maximum atomic E-state index is 13.2. The molecule has 0 bridgehead atoms. The molecule has 1 rings (SSSR count). The molecule has 0 aromatic heterocycles. The Morgan fingerprint density at radius 1 is 0.694 bits per heavy atom. The largest absolute Gasteiger partial charge is 0.489 e. The van der Waals surface area contributed by atoms with Crippen molar-refractivity contribution in [1.29, 1.82) is 0 Å². The summed E-state index contributed by atoms with van der Waals surface area (Å²) in [6.07, 6.45) is 13.0. The monoisotopic (exact) mass is 523 g/mol. The fraction of sp³-hybridized carbons (Fsp3) is 0.690. The summed E-state index contributed by atoms with van der Waals surface area (Å²) in [5.41, 5.74) is -0.547. The summed E-state index contributed by atoms with van der Waals surface area (Å²) >= 11 is 0. The number of allylic oxidation sites excluding steroid dienone is 1. The minimum absolute atomic E-state index is 0.281. The molecule has 1 aromatic carbocycles. The normalized spacial score (nSPS) is 11.2. The SMILES string of the molecule is C=CC(=O)[P+](=O)c1cc(OCCCCC)c(OCCCCC)c(OCCCCC)c1OCCCCC. The molecule has 0 fully saturated rings. The number of rotatable bonds is 23. The third-order valence-electron chi connectivity index (χ3n) is 5.72. The second kappa shape index (κ2) is 20.0. The number of ether oxygens (including phenoxy) is 4. The second-order valence-corrected chi connectivity index (χ2v) is 10.5. The van der Waals surface area contributed by atoms with Crippen molar-refractivity contribution in [3.63, 3.8) is 0 Å². The van der Waals surface area contributed by atoms with Crippen molar-refractivity contribution >= 4 is 18.6 Å². The Balaban J connectivity index is 3.56. The Kier molecular flexibility index (Phi) is 17.8. The van der Waals surface area contributed by atoms with Gasteiger partial charge in [0.05, 0.1) is 26.4 Å². The Labute approximate surface area is 219 Å². The molecule has 0 aliphatic rings. The number of benzene rings is 1. The molecule has 0 saturated heterocycles. The standard InChI is InChI=1S/C29H48O6P/c1-6-11-15-19-32-24-23-25(36(31)26(30)10-5)28(34-21-17-13-8-3)29(35-22-18-14-9-4)27(24)33-20-16-12-7-2/h10,23H,5-9,11-22H2,1-4H3/q+1. The van der Waals surface area contributed by atoms with Gasteiger partial charge >= 0.3 is 13.3 Å². The lowest BCUT2D eigenvalue weighted by Crippen LogP contribution is -2.15. The van der Waals surface area contributed by atoms with E-state index >= 15 is 0 Å². The average Bonchev–Trinajstić information content (AvgIpc) is 2.89. The van der Waals surface area contributed by atoms with Crippen LogP contribution in [-0.2, 0) is 9.36 Å². The van der Waals surface area contributed by atoms with E-state index < -0.39 is 13.3 Å². The predicted molar refractivity (Wildman–Crippen MR) is 149 cm³/mol. The van der Waals surface area contributed by atoms with Crippen molar-refractivity contribution in [3.05, 3.63) is 18.7 Å². The van der Waals surface area contributed by atoms with E-state index in [1.807, 2.05) is 0 Å². The lowest BCUT2D eigenvalue weighted by Gasteiger charge is -2.20. The highest BCUT2D eigenvalue weighted by Crippen LogP contribution is 2.47. The van der Waals surface area contributed by atoms with Gasteiger partial charge in [-0.3, -0.25) is 0 Å². The third-order valence-corrected chi connectivity index (χ3v) is 7.07. The van der Waals surface area contributed by atoms with Crippen LogP contribution in [-0.4, -0.2) is 32.0 Å². The molecule has 0 N–H and O–H groups in total. The highest BCUT2D eigenvalue weighted by molar-refractivity contribution is 7.71. The Morgan fingerprint density at radius 2 is 1.11 bits per heavy atom. The lowest BCUT2D eigenvalue weighted by molar-refractivity contribution is -0.107. The first-order valence-electron chi connectivity index (χ1n) is 13.9. The first kappa shape index (κ1) is 32.0. The van der Waals surface area contributed by atoms with Crippen molar-refractivity contribution < 1.29 is 28.3 Å². The highest BCUT2D eigenvalue weighted by atomic mass is 31.1. The van der Waals surface area contributed by atoms with E-state index in [9.17, 15) is 9.36 Å². The number of hydrogen-bond donors (Lipinski definition) is 0. The fourth-order valence-electron chi connectivity index (χ4n) is 3.57. The summed E-state index contributed by atoms with van der Waals surface area (Å²) in [5, 5.41) is 0.281. The van der Waals surface area contributed by atoms with E-state index in [0.717, 1.165) is 83.1 Å². The summed E-state index contributed by atoms with van der Waals surface area (Å²) in [7, 11) is -2.44. The molecule has 0 aliphatic carbocycles. The van der Waals surface area contributed by atoms with Crippen LogP contribution >= 0.6 is 7.80 Å². The van der Waals surface area contributed by atoms with Gasteiger partial charge in [0.1, 0.15) is 0 Å².